The predicted octanol–water partition coefficient (Wildman–Crippen LogP) is 19.1. The molecule has 3 aliphatic heterocycles. The first-order valence-corrected chi connectivity index (χ1v) is 25.5. The van der Waals surface area contributed by atoms with E-state index in [1.54, 1.807) is 0 Å². The highest BCUT2D eigenvalue weighted by Gasteiger charge is 2.52. The Morgan fingerprint density at radius 1 is 0.292 bits per heavy atom. The van der Waals surface area contributed by atoms with E-state index in [0.717, 1.165) is 28.4 Å². The van der Waals surface area contributed by atoms with E-state index in [0.29, 0.717) is 0 Å². The topological polar surface area (TPSA) is 9.72 Å². The Hall–Kier alpha value is -8.40. The van der Waals surface area contributed by atoms with Crippen LogP contribution in [0.3, 0.4) is 0 Å². The first-order valence-electron chi connectivity index (χ1n) is 25.5. The minimum Gasteiger partial charge on any atom is -0.310 e. The molecule has 0 atom stereocenters. The smallest absolute Gasteiger partial charge is 0.0545 e. The quantitative estimate of drug-likeness (QED) is 0.158. The van der Waals surface area contributed by atoms with Gasteiger partial charge in [-0.25, -0.2) is 0 Å². The highest BCUT2D eigenvalue weighted by atomic mass is 15.2. The normalized spacial score (nSPS) is 15.1. The van der Waals surface area contributed by atoms with Crippen molar-refractivity contribution < 1.29 is 0 Å². The number of anilines is 9. The molecule has 0 bridgehead atoms. The average Bonchev–Trinajstić information content (AvgIpc) is 3.41. The number of para-hydroxylation sites is 3. The Morgan fingerprint density at radius 3 is 1.40 bits per heavy atom. The summed E-state index contributed by atoms with van der Waals surface area (Å²) in [6.45, 7) is 14.7. The number of rotatable bonds is 7. The van der Waals surface area contributed by atoms with Gasteiger partial charge in [-0.2, -0.15) is 0 Å². The first kappa shape index (κ1) is 42.5. The van der Waals surface area contributed by atoms with Crippen LogP contribution >= 0.6 is 0 Å². The zero-order valence-electron chi connectivity index (χ0n) is 41.7. The Kier molecular flexibility index (Phi) is 9.03. The molecule has 3 heterocycles. The summed E-state index contributed by atoms with van der Waals surface area (Å²) in [6.07, 6.45) is 0. The van der Waals surface area contributed by atoms with Crippen molar-refractivity contribution in [3.8, 4) is 11.1 Å². The van der Waals surface area contributed by atoms with E-state index < -0.39 is 0 Å². The zero-order chi connectivity index (χ0) is 48.7. The summed E-state index contributed by atoms with van der Waals surface area (Å²) in [5, 5.41) is 7.31. The maximum Gasteiger partial charge on any atom is 0.0545 e. The summed E-state index contributed by atoms with van der Waals surface area (Å²) >= 11 is 0. The van der Waals surface area contributed by atoms with Crippen molar-refractivity contribution in [1.29, 1.82) is 0 Å². The monoisotopic (exact) mass is 925 g/mol. The molecule has 0 saturated heterocycles. The number of fused-ring (bicyclic) bond motifs is 3. The van der Waals surface area contributed by atoms with E-state index in [1.807, 2.05) is 0 Å². The number of hydrogen-bond donors (Lipinski definition) is 0. The molecule has 0 N–H and O–H groups in total. The molecular formula is C69H55N3. The van der Waals surface area contributed by atoms with Gasteiger partial charge in [0.1, 0.15) is 0 Å². The zero-order valence-corrected chi connectivity index (χ0v) is 41.7. The molecule has 346 valence electrons. The maximum absolute atomic E-state index is 2.69. The lowest BCUT2D eigenvalue weighted by Gasteiger charge is -2.55. The van der Waals surface area contributed by atoms with Gasteiger partial charge in [-0.15, -0.1) is 0 Å². The molecule has 0 aliphatic carbocycles. The molecule has 11 aromatic carbocycles. The van der Waals surface area contributed by atoms with E-state index in [-0.39, 0.29) is 16.2 Å². The number of hydrogen-bond acceptors (Lipinski definition) is 3. The molecule has 14 rings (SSSR count). The minimum atomic E-state index is -0.372. The molecule has 0 aromatic heterocycles. The van der Waals surface area contributed by atoms with Crippen LogP contribution in [-0.4, -0.2) is 0 Å². The highest BCUT2D eigenvalue weighted by Crippen LogP contribution is 2.67. The largest absolute Gasteiger partial charge is 0.310 e. The Bertz CT molecular complexity index is 3990. The molecule has 0 fully saturated rings. The minimum absolute atomic E-state index is 0.268. The van der Waals surface area contributed by atoms with Gasteiger partial charge in [0.05, 0.1) is 28.4 Å². The summed E-state index contributed by atoms with van der Waals surface area (Å²) in [4.78, 5) is 7.62. The van der Waals surface area contributed by atoms with Crippen molar-refractivity contribution in [2.75, 3.05) is 14.7 Å². The van der Waals surface area contributed by atoms with E-state index >= 15 is 0 Å². The van der Waals surface area contributed by atoms with Crippen molar-refractivity contribution in [3.05, 3.63) is 258 Å². The Morgan fingerprint density at radius 2 is 0.764 bits per heavy atom. The second-order valence-electron chi connectivity index (χ2n) is 21.8. The fourth-order valence-corrected chi connectivity index (χ4v) is 12.9. The van der Waals surface area contributed by atoms with Crippen LogP contribution in [0.1, 0.15) is 74.9 Å². The number of nitrogens with zero attached hydrogens (tertiary/aromatic N) is 3. The van der Waals surface area contributed by atoms with Crippen LogP contribution in [0.4, 0.5) is 51.2 Å². The highest BCUT2D eigenvalue weighted by molar-refractivity contribution is 6.10. The van der Waals surface area contributed by atoms with Gasteiger partial charge in [0.15, 0.2) is 0 Å². The molecule has 3 nitrogen and oxygen atoms in total. The molecule has 3 aliphatic rings. The predicted molar refractivity (Wildman–Crippen MR) is 305 cm³/mol. The van der Waals surface area contributed by atoms with Gasteiger partial charge in [-0.1, -0.05) is 193 Å². The maximum atomic E-state index is 2.69. The molecule has 0 spiro atoms. The van der Waals surface area contributed by atoms with E-state index in [4.69, 9.17) is 0 Å². The van der Waals surface area contributed by atoms with Crippen LogP contribution in [-0.2, 0) is 16.2 Å². The van der Waals surface area contributed by atoms with Crippen LogP contribution in [0, 0.1) is 0 Å². The Labute approximate surface area is 422 Å². The molecular weight excluding hydrogens is 871 g/mol. The molecule has 0 unspecified atom stereocenters. The molecule has 3 heteroatoms. The average molecular weight is 926 g/mol. The van der Waals surface area contributed by atoms with Crippen molar-refractivity contribution in [1.82, 2.24) is 0 Å². The lowest BCUT2D eigenvalue weighted by Crippen LogP contribution is -2.43. The lowest BCUT2D eigenvalue weighted by atomic mass is 9.60. The summed E-state index contributed by atoms with van der Waals surface area (Å²) in [6, 6.07) is 83.8. The van der Waals surface area contributed by atoms with Gasteiger partial charge >= 0.3 is 0 Å². The fraction of sp³-hybridized carbons (Fsp3) is 0.130. The van der Waals surface area contributed by atoms with E-state index in [1.165, 1.54) is 99.6 Å². The second-order valence-corrected chi connectivity index (χ2v) is 21.8. The fourth-order valence-electron chi connectivity index (χ4n) is 12.9. The summed E-state index contributed by atoms with van der Waals surface area (Å²) in [5.74, 6) is 0. The van der Waals surface area contributed by atoms with Crippen LogP contribution in [0.15, 0.2) is 224 Å². The molecule has 72 heavy (non-hydrogen) atoms. The van der Waals surface area contributed by atoms with Crippen molar-refractivity contribution >= 4 is 83.5 Å². The van der Waals surface area contributed by atoms with Crippen molar-refractivity contribution in [2.24, 2.45) is 0 Å². The lowest BCUT2D eigenvalue weighted by molar-refractivity contribution is 0.567. The summed E-state index contributed by atoms with van der Waals surface area (Å²) in [5.41, 5.74) is 20.6. The van der Waals surface area contributed by atoms with Gasteiger partial charge in [0.2, 0.25) is 0 Å². The molecule has 0 radical (unpaired) electrons. The van der Waals surface area contributed by atoms with E-state index in [9.17, 15) is 0 Å². The van der Waals surface area contributed by atoms with Crippen LogP contribution in [0.5, 0.6) is 0 Å². The third-order valence-corrected chi connectivity index (χ3v) is 16.7. The standard InChI is InChI=1S/C69H55N3/c1-67(2)56-32-20-33-57-64(56)72-65-58(67)40-47(41-59(65)69(5,6)61-43-51(42-60(66(61)72)68(57,3)4)70(48-25-9-7-10-26-48)49-27-11-8-12-28-49)52-37-38-63(55-31-18-17-30-54(52)55)71(50-36-35-44-21-13-14-23-46(44)39-50)62-34-19-24-45-22-15-16-29-53(45)62/h7-43H,1-6H3. The first-order chi connectivity index (χ1) is 35.0. The van der Waals surface area contributed by atoms with Gasteiger partial charge in [-0.05, 0) is 139 Å². The van der Waals surface area contributed by atoms with Crippen LogP contribution in [0.2, 0.25) is 0 Å². The van der Waals surface area contributed by atoms with Crippen molar-refractivity contribution in [3.63, 3.8) is 0 Å². The van der Waals surface area contributed by atoms with Gasteiger partial charge in [-0.3, -0.25) is 0 Å². The number of benzene rings is 11. The third-order valence-electron chi connectivity index (χ3n) is 16.7. The summed E-state index contributed by atoms with van der Waals surface area (Å²) < 4.78 is 0. The van der Waals surface area contributed by atoms with E-state index in [2.05, 4.69) is 281 Å². The second kappa shape index (κ2) is 15.3. The third kappa shape index (κ3) is 5.97. The van der Waals surface area contributed by atoms with Gasteiger partial charge < -0.3 is 14.7 Å². The van der Waals surface area contributed by atoms with Crippen LogP contribution in [0.25, 0.3) is 43.4 Å². The van der Waals surface area contributed by atoms with Crippen LogP contribution < -0.4 is 14.7 Å². The van der Waals surface area contributed by atoms with Crippen molar-refractivity contribution in [2.45, 2.75) is 57.8 Å². The summed E-state index contributed by atoms with van der Waals surface area (Å²) in [7, 11) is 0. The van der Waals surface area contributed by atoms with Gasteiger partial charge in [0.25, 0.3) is 0 Å². The van der Waals surface area contributed by atoms with Gasteiger partial charge in [0, 0.05) is 49.8 Å². The Balaban J connectivity index is 1.01. The molecule has 0 amide bonds. The molecule has 0 saturated carbocycles. The molecule has 11 aromatic rings. The SMILES string of the molecule is CC1(C)c2cccc3c2N2c4c1cc(-c1ccc(N(c5ccc6ccccc6c5)c5cccc6ccccc56)c5ccccc15)cc4C(C)(C)c1cc(N(c4ccccc4)c4ccccc4)cc(c12)C3(C)C.